The van der Waals surface area contributed by atoms with E-state index in [9.17, 15) is 15.3 Å². The minimum Gasteiger partial charge on any atom is -0.371 e. The highest BCUT2D eigenvalue weighted by molar-refractivity contribution is 14.2. The van der Waals surface area contributed by atoms with Crippen LogP contribution in [0.15, 0.2) is 0 Å². The number of hydrogen-bond donors (Lipinski definition) is 3. The Morgan fingerprint density at radius 1 is 0.636 bits per heavy atom. The third-order valence-electron chi connectivity index (χ3n) is 0.797. The van der Waals surface area contributed by atoms with Crippen LogP contribution in [-0.2, 0) is 0 Å². The van der Waals surface area contributed by atoms with Gasteiger partial charge >= 0.3 is 0 Å². The molecule has 11 heavy (non-hydrogen) atoms. The Hall–Kier alpha value is 3.53. The maximum atomic E-state index is 9.64. The van der Waals surface area contributed by atoms with Crippen LogP contribution < -0.4 is 0 Å². The number of hydrogen-bond acceptors (Lipinski definition) is 3. The quantitative estimate of drug-likeness (QED) is 0.303. The molecule has 3 N–H and O–H groups in total. The molecule has 8 heteroatoms. The second kappa shape index (κ2) is 4.58. The van der Waals surface area contributed by atoms with Crippen LogP contribution in [0.3, 0.4) is 0 Å². The summed E-state index contributed by atoms with van der Waals surface area (Å²) < 4.78 is -4.40. The SMILES string of the molecule is OC(I)(I)C(O)(I)C(O)(I)I. The van der Waals surface area contributed by atoms with Crippen LogP contribution in [0.5, 0.6) is 0 Å². The summed E-state index contributed by atoms with van der Waals surface area (Å²) in [7, 11) is 0. The van der Waals surface area contributed by atoms with Gasteiger partial charge in [0.05, 0.1) is 0 Å². The normalized spacial score (nSPS) is 15.3. The molecule has 0 aliphatic heterocycles. The zero-order chi connectivity index (χ0) is 9.50. The van der Waals surface area contributed by atoms with Crippen molar-refractivity contribution < 1.29 is 15.3 Å². The van der Waals surface area contributed by atoms with Crippen molar-refractivity contribution >= 4 is 113 Å². The third kappa shape index (κ3) is 3.88. The van der Waals surface area contributed by atoms with Crippen molar-refractivity contribution in [2.24, 2.45) is 0 Å². The Labute approximate surface area is 132 Å². The summed E-state index contributed by atoms with van der Waals surface area (Å²) in [6.07, 6.45) is 0. The smallest absolute Gasteiger partial charge is 0.210 e. The van der Waals surface area contributed by atoms with Crippen LogP contribution in [0.1, 0.15) is 0 Å². The molecule has 0 aliphatic rings. The molecule has 3 nitrogen and oxygen atoms in total. The van der Waals surface area contributed by atoms with Crippen molar-refractivity contribution in [1.82, 2.24) is 0 Å². The zero-order valence-corrected chi connectivity index (χ0v) is 15.5. The molecule has 0 aromatic rings. The molecule has 68 valence electrons. The summed E-state index contributed by atoms with van der Waals surface area (Å²) >= 11 is 8.25. The van der Waals surface area contributed by atoms with Gasteiger partial charge in [0, 0.05) is 0 Å². The molecule has 0 aromatic carbocycles. The van der Waals surface area contributed by atoms with E-state index in [2.05, 4.69) is 0 Å². The second-order valence-corrected chi connectivity index (χ2v) is 13.6. The molecular weight excluding hydrogens is 719 g/mol. The average molecular weight is 722 g/mol. The lowest BCUT2D eigenvalue weighted by molar-refractivity contribution is -0.00118. The predicted molar refractivity (Wildman–Crippen MR) is 84.9 cm³/mol. The largest absolute Gasteiger partial charge is 0.371 e. The molecule has 0 fully saturated rings. The molecule has 0 unspecified atom stereocenters. The van der Waals surface area contributed by atoms with Crippen molar-refractivity contribution in [2.45, 2.75) is 6.84 Å². The Balaban J connectivity index is 4.75. The van der Waals surface area contributed by atoms with E-state index in [1.807, 2.05) is 0 Å². The highest BCUT2D eigenvalue weighted by atomic mass is 127. The molecule has 0 bridgehead atoms. The Kier molecular flexibility index (Phi) is 6.05. The first-order valence-electron chi connectivity index (χ1n) is 2.12. The monoisotopic (exact) mass is 722 g/mol. The lowest BCUT2D eigenvalue weighted by atomic mass is 10.4. The Morgan fingerprint density at radius 2 is 0.818 bits per heavy atom. The average Bonchev–Trinajstić information content (AvgIpc) is 1.58. The fourth-order valence-electron chi connectivity index (χ4n) is 0.181. The van der Waals surface area contributed by atoms with Crippen LogP contribution in [0.25, 0.3) is 0 Å². The van der Waals surface area contributed by atoms with Gasteiger partial charge in [-0.05, 0) is 113 Å². The fourth-order valence-corrected chi connectivity index (χ4v) is 3.81. The molecule has 0 spiro atoms. The number of halogens is 5. The van der Waals surface area contributed by atoms with Crippen LogP contribution in [-0.4, -0.2) is 22.2 Å². The molecular formula is C3H3I5O3. The molecule has 0 aromatic heterocycles. The van der Waals surface area contributed by atoms with Gasteiger partial charge in [-0.3, -0.25) is 0 Å². The first-order valence-corrected chi connectivity index (χ1v) is 7.51. The minimum atomic E-state index is -1.60. The predicted octanol–water partition coefficient (Wildman–Crippen LogP) is 2.14. The van der Waals surface area contributed by atoms with Gasteiger partial charge < -0.3 is 15.3 Å². The van der Waals surface area contributed by atoms with Gasteiger partial charge in [0.25, 0.3) is 0 Å². The van der Waals surface area contributed by atoms with Crippen LogP contribution in [0, 0.1) is 0 Å². The summed E-state index contributed by atoms with van der Waals surface area (Å²) in [5.41, 5.74) is 0. The van der Waals surface area contributed by atoms with Gasteiger partial charge in [-0.15, -0.1) is 0 Å². The Bertz CT molecular complexity index is 128. The molecule has 0 aliphatic carbocycles. The molecule has 0 rings (SSSR count). The molecule has 0 saturated carbocycles. The van der Waals surface area contributed by atoms with E-state index in [0.717, 1.165) is 0 Å². The highest BCUT2D eigenvalue weighted by Crippen LogP contribution is 2.52. The first kappa shape index (κ1) is 14.5. The van der Waals surface area contributed by atoms with Crippen LogP contribution in [0.2, 0.25) is 0 Å². The molecule has 0 saturated heterocycles. The van der Waals surface area contributed by atoms with Gasteiger partial charge in [-0.1, -0.05) is 0 Å². The van der Waals surface area contributed by atoms with Gasteiger partial charge in [0.2, 0.25) is 6.84 Å². The van der Waals surface area contributed by atoms with Crippen LogP contribution in [0.4, 0.5) is 0 Å². The van der Waals surface area contributed by atoms with Crippen molar-refractivity contribution in [3.8, 4) is 0 Å². The van der Waals surface area contributed by atoms with Crippen molar-refractivity contribution in [3.05, 3.63) is 0 Å². The number of aliphatic hydroxyl groups is 3. The lowest BCUT2D eigenvalue weighted by Crippen LogP contribution is -2.52. The fraction of sp³-hybridized carbons (Fsp3) is 1.00. The topological polar surface area (TPSA) is 60.7 Å². The lowest BCUT2D eigenvalue weighted by Gasteiger charge is -2.36. The van der Waals surface area contributed by atoms with Crippen molar-refractivity contribution in [1.29, 1.82) is 0 Å². The van der Waals surface area contributed by atoms with E-state index < -0.39 is 6.84 Å². The van der Waals surface area contributed by atoms with E-state index in [0.29, 0.717) is 0 Å². The van der Waals surface area contributed by atoms with Gasteiger partial charge in [-0.2, -0.15) is 0 Å². The minimum absolute atomic E-state index is 1.40. The molecule has 0 radical (unpaired) electrons. The molecule has 0 amide bonds. The van der Waals surface area contributed by atoms with E-state index in [1.165, 1.54) is 0 Å². The van der Waals surface area contributed by atoms with E-state index in [1.54, 1.807) is 113 Å². The summed E-state index contributed by atoms with van der Waals surface area (Å²) in [5, 5.41) is 28.5. The van der Waals surface area contributed by atoms with Crippen molar-refractivity contribution in [2.75, 3.05) is 0 Å². The van der Waals surface area contributed by atoms with E-state index >= 15 is 0 Å². The highest BCUT2D eigenvalue weighted by Gasteiger charge is 2.56. The van der Waals surface area contributed by atoms with E-state index in [-0.39, 0.29) is 0 Å². The van der Waals surface area contributed by atoms with Gasteiger partial charge in [0.1, 0.15) is 0 Å². The summed E-state index contributed by atoms with van der Waals surface area (Å²) in [6, 6.07) is 0. The van der Waals surface area contributed by atoms with Gasteiger partial charge in [-0.25, -0.2) is 0 Å². The van der Waals surface area contributed by atoms with Crippen LogP contribution >= 0.6 is 113 Å². The molecule has 0 atom stereocenters. The van der Waals surface area contributed by atoms with Crippen molar-refractivity contribution in [3.63, 3.8) is 0 Å². The van der Waals surface area contributed by atoms with E-state index in [4.69, 9.17) is 0 Å². The second-order valence-electron chi connectivity index (χ2n) is 1.70. The summed E-state index contributed by atoms with van der Waals surface area (Å²) in [6.45, 7) is 0. The summed E-state index contributed by atoms with van der Waals surface area (Å²) in [4.78, 5) is 0. The third-order valence-corrected chi connectivity index (χ3v) is 9.61. The van der Waals surface area contributed by atoms with Gasteiger partial charge in [0.15, 0.2) is 0 Å². The Morgan fingerprint density at radius 3 is 0.818 bits per heavy atom. The maximum Gasteiger partial charge on any atom is 0.210 e. The number of rotatable bonds is 2. The standard InChI is InChI=1S/C3H3I5O3/c4-1(9,2(5,6)10)3(7,8)11/h9-11H. The first-order chi connectivity index (χ1) is 4.50. The zero-order valence-electron chi connectivity index (χ0n) is 4.73. The maximum absolute atomic E-state index is 9.64. The summed E-state index contributed by atoms with van der Waals surface area (Å²) in [5.74, 6) is 0. The number of alkyl halides is 5. The molecule has 0 heterocycles.